The molecule has 8 nitrogen and oxygen atoms in total. The van der Waals surface area contributed by atoms with Crippen molar-refractivity contribution in [3.8, 4) is 11.4 Å². The van der Waals surface area contributed by atoms with Crippen LogP contribution in [0.25, 0.3) is 11.4 Å². The van der Waals surface area contributed by atoms with Crippen LogP contribution in [0.4, 0.5) is 5.69 Å². The second-order valence-corrected chi connectivity index (χ2v) is 7.85. The normalized spacial score (nSPS) is 12.2. The van der Waals surface area contributed by atoms with Crippen molar-refractivity contribution in [2.75, 3.05) is 11.2 Å². The van der Waals surface area contributed by atoms with Gasteiger partial charge in [0.05, 0.1) is 22.3 Å². The van der Waals surface area contributed by atoms with E-state index in [0.717, 1.165) is 22.6 Å². The maximum Gasteiger partial charge on any atom is 0.237 e. The summed E-state index contributed by atoms with van der Waals surface area (Å²) in [6.45, 7) is 5.55. The third-order valence-electron chi connectivity index (χ3n) is 4.18. The third kappa shape index (κ3) is 3.93. The lowest BCUT2D eigenvalue weighted by Gasteiger charge is -2.12. The number of nitrogens with two attached hydrogens (primary N) is 1. The zero-order valence-corrected chi connectivity index (χ0v) is 17.0. The minimum Gasteiger partial charge on any atom is -0.335 e. The summed E-state index contributed by atoms with van der Waals surface area (Å²) in [5, 5.41) is 16.1. The number of nitrogen functional groups attached to an aromatic ring is 1. The van der Waals surface area contributed by atoms with E-state index >= 15 is 0 Å². The van der Waals surface area contributed by atoms with E-state index in [4.69, 9.17) is 17.4 Å². The summed E-state index contributed by atoms with van der Waals surface area (Å²) in [7, 11) is 1.84. The number of benzene rings is 1. The van der Waals surface area contributed by atoms with E-state index < -0.39 is 5.25 Å². The van der Waals surface area contributed by atoms with Gasteiger partial charge >= 0.3 is 0 Å². The van der Waals surface area contributed by atoms with Crippen molar-refractivity contribution in [2.45, 2.75) is 31.2 Å². The number of nitrogens with zero attached hydrogens (tertiary/aromatic N) is 5. The molecule has 1 amide bonds. The standard InChI is InChI=1S/C17H20ClN7OS/c1-9-14(10(2)24(4)23-9)20-16(26)11(3)27-17-22-21-15(25(17)19)12-5-7-13(18)8-6-12/h5-8,11H,19H2,1-4H3,(H,20,26). The fraction of sp³-hybridized carbons (Fsp3) is 0.294. The Hall–Kier alpha value is -2.52. The van der Waals surface area contributed by atoms with Crippen molar-refractivity contribution < 1.29 is 4.79 Å². The van der Waals surface area contributed by atoms with Gasteiger partial charge in [0.15, 0.2) is 5.82 Å². The molecule has 2 aromatic heterocycles. The minimum absolute atomic E-state index is 0.157. The lowest BCUT2D eigenvalue weighted by Crippen LogP contribution is -2.24. The van der Waals surface area contributed by atoms with Gasteiger partial charge in [-0.3, -0.25) is 9.48 Å². The summed E-state index contributed by atoms with van der Waals surface area (Å²) in [5.41, 5.74) is 3.18. The van der Waals surface area contributed by atoms with Gasteiger partial charge in [0.25, 0.3) is 0 Å². The summed E-state index contributed by atoms with van der Waals surface area (Å²) in [4.78, 5) is 12.6. The van der Waals surface area contributed by atoms with Crippen molar-refractivity contribution in [1.29, 1.82) is 0 Å². The Balaban J connectivity index is 1.73. The van der Waals surface area contributed by atoms with E-state index in [0.29, 0.717) is 16.0 Å². The van der Waals surface area contributed by atoms with Crippen molar-refractivity contribution in [2.24, 2.45) is 7.05 Å². The highest BCUT2D eigenvalue weighted by Crippen LogP contribution is 2.27. The average Bonchev–Trinajstić information content (AvgIpc) is 3.10. The van der Waals surface area contributed by atoms with E-state index in [9.17, 15) is 4.79 Å². The van der Waals surface area contributed by atoms with Crippen LogP contribution in [0.2, 0.25) is 5.02 Å². The molecule has 27 heavy (non-hydrogen) atoms. The number of anilines is 1. The number of halogens is 1. The number of nitrogens with one attached hydrogen (secondary N) is 1. The van der Waals surface area contributed by atoms with Gasteiger partial charge in [-0.25, -0.2) is 4.68 Å². The van der Waals surface area contributed by atoms with Gasteiger partial charge in [0.2, 0.25) is 11.1 Å². The molecule has 0 aliphatic carbocycles. The molecule has 10 heteroatoms. The summed E-state index contributed by atoms with van der Waals surface area (Å²) >= 11 is 7.14. The van der Waals surface area contributed by atoms with E-state index in [1.165, 1.54) is 16.4 Å². The van der Waals surface area contributed by atoms with Crippen molar-refractivity contribution in [1.82, 2.24) is 24.7 Å². The highest BCUT2D eigenvalue weighted by molar-refractivity contribution is 8.00. The minimum atomic E-state index is -0.423. The molecule has 1 aromatic carbocycles. The molecule has 1 unspecified atom stereocenters. The molecule has 0 bridgehead atoms. The molecule has 0 saturated carbocycles. The molecule has 1 atom stereocenters. The second-order valence-electron chi connectivity index (χ2n) is 6.10. The molecule has 0 spiro atoms. The van der Waals surface area contributed by atoms with Gasteiger partial charge in [-0.1, -0.05) is 23.4 Å². The van der Waals surface area contributed by atoms with Crippen LogP contribution in [0.5, 0.6) is 0 Å². The first-order valence-corrected chi connectivity index (χ1v) is 9.47. The van der Waals surface area contributed by atoms with Crippen LogP contribution >= 0.6 is 23.4 Å². The molecular weight excluding hydrogens is 386 g/mol. The Morgan fingerprint density at radius 2 is 1.93 bits per heavy atom. The quantitative estimate of drug-likeness (QED) is 0.499. The smallest absolute Gasteiger partial charge is 0.237 e. The number of carbonyl (C=O) groups excluding carboxylic acids is 1. The van der Waals surface area contributed by atoms with Crippen LogP contribution in [0.3, 0.4) is 0 Å². The molecule has 3 N–H and O–H groups in total. The number of aromatic nitrogens is 5. The van der Waals surface area contributed by atoms with Crippen LogP contribution in [0.15, 0.2) is 29.4 Å². The van der Waals surface area contributed by atoms with E-state index in [1.54, 1.807) is 23.7 Å². The number of aryl methyl sites for hydroxylation is 2. The maximum absolute atomic E-state index is 12.6. The zero-order chi connectivity index (χ0) is 19.7. The van der Waals surface area contributed by atoms with Gasteiger partial charge in [-0.05, 0) is 45.0 Å². The number of carbonyl (C=O) groups is 1. The molecule has 0 aliphatic rings. The van der Waals surface area contributed by atoms with Crippen LogP contribution in [0.1, 0.15) is 18.3 Å². The topological polar surface area (TPSA) is 104 Å². The predicted octanol–water partition coefficient (Wildman–Crippen LogP) is 2.78. The Kier molecular flexibility index (Phi) is 5.43. The van der Waals surface area contributed by atoms with Crippen molar-refractivity contribution in [3.05, 3.63) is 40.7 Å². The molecule has 3 aromatic rings. The van der Waals surface area contributed by atoms with Crippen LogP contribution < -0.4 is 11.2 Å². The highest BCUT2D eigenvalue weighted by Gasteiger charge is 2.22. The molecule has 0 aliphatic heterocycles. The monoisotopic (exact) mass is 405 g/mol. The molecule has 2 heterocycles. The van der Waals surface area contributed by atoms with Crippen LogP contribution in [0, 0.1) is 13.8 Å². The molecule has 142 valence electrons. The highest BCUT2D eigenvalue weighted by atomic mass is 35.5. The molecule has 3 rings (SSSR count). The Bertz CT molecular complexity index is 980. The zero-order valence-electron chi connectivity index (χ0n) is 15.4. The van der Waals surface area contributed by atoms with E-state index in [2.05, 4.69) is 20.6 Å². The largest absolute Gasteiger partial charge is 0.335 e. The molecular formula is C17H20ClN7OS. The van der Waals surface area contributed by atoms with Crippen molar-refractivity contribution in [3.63, 3.8) is 0 Å². The first-order valence-electron chi connectivity index (χ1n) is 8.22. The Labute approximate surface area is 166 Å². The van der Waals surface area contributed by atoms with Crippen LogP contribution in [-0.2, 0) is 11.8 Å². The number of rotatable bonds is 5. The number of thioether (sulfide) groups is 1. The first kappa shape index (κ1) is 19.2. The number of hydrogen-bond acceptors (Lipinski definition) is 6. The summed E-state index contributed by atoms with van der Waals surface area (Å²) < 4.78 is 3.11. The van der Waals surface area contributed by atoms with Crippen LogP contribution in [-0.4, -0.2) is 35.8 Å². The Morgan fingerprint density at radius 3 is 2.52 bits per heavy atom. The lowest BCUT2D eigenvalue weighted by atomic mass is 10.2. The second kappa shape index (κ2) is 7.61. The van der Waals surface area contributed by atoms with Crippen molar-refractivity contribution >= 4 is 35.0 Å². The fourth-order valence-electron chi connectivity index (χ4n) is 2.54. The summed E-state index contributed by atoms with van der Waals surface area (Å²) in [6.07, 6.45) is 0. The molecule has 0 fully saturated rings. The Morgan fingerprint density at radius 1 is 1.26 bits per heavy atom. The predicted molar refractivity (Wildman–Crippen MR) is 107 cm³/mol. The number of amides is 1. The van der Waals surface area contributed by atoms with E-state index in [-0.39, 0.29) is 5.91 Å². The fourth-order valence-corrected chi connectivity index (χ4v) is 3.44. The third-order valence-corrected chi connectivity index (χ3v) is 5.48. The van der Waals surface area contributed by atoms with Gasteiger partial charge < -0.3 is 11.2 Å². The molecule has 0 radical (unpaired) electrons. The average molecular weight is 406 g/mol. The van der Waals surface area contributed by atoms with E-state index in [1.807, 2.05) is 33.0 Å². The summed E-state index contributed by atoms with van der Waals surface area (Å²) in [6, 6.07) is 7.14. The maximum atomic E-state index is 12.6. The van der Waals surface area contributed by atoms with Gasteiger partial charge in [-0.15, -0.1) is 10.2 Å². The molecule has 0 saturated heterocycles. The number of hydrogen-bond donors (Lipinski definition) is 2. The van der Waals surface area contributed by atoms with Gasteiger partial charge in [0, 0.05) is 17.6 Å². The van der Waals surface area contributed by atoms with Gasteiger partial charge in [0.1, 0.15) is 0 Å². The summed E-state index contributed by atoms with van der Waals surface area (Å²) in [5.74, 6) is 6.46. The first-order chi connectivity index (χ1) is 12.8. The SMILES string of the molecule is Cc1nn(C)c(C)c1NC(=O)C(C)Sc1nnc(-c2ccc(Cl)cc2)n1N. The lowest BCUT2D eigenvalue weighted by molar-refractivity contribution is -0.115. The van der Waals surface area contributed by atoms with Gasteiger partial charge in [-0.2, -0.15) is 5.10 Å².